The molecule has 0 spiro atoms. The van der Waals surface area contributed by atoms with Gasteiger partial charge in [0.1, 0.15) is 6.61 Å². The van der Waals surface area contributed by atoms with Crippen LogP contribution in [0.3, 0.4) is 0 Å². The molecule has 0 amide bonds. The summed E-state index contributed by atoms with van der Waals surface area (Å²) in [5.74, 6) is -1.26. The molecule has 0 fully saturated rings. The van der Waals surface area contributed by atoms with E-state index in [1.807, 2.05) is 0 Å². The van der Waals surface area contributed by atoms with Crippen LogP contribution in [-0.4, -0.2) is 36.4 Å². The van der Waals surface area contributed by atoms with Gasteiger partial charge in [-0.15, -0.1) is 0 Å². The molecule has 0 radical (unpaired) electrons. The molecular weight excluding hydrogens is 200 g/mol. The molecule has 0 aromatic heterocycles. The number of rotatable bonds is 6. The molecule has 0 aliphatic heterocycles. The summed E-state index contributed by atoms with van der Waals surface area (Å²) in [5, 5.41) is 9.08. The van der Waals surface area contributed by atoms with Gasteiger partial charge < -0.3 is 14.6 Å². The third kappa shape index (κ3) is 7.69. The van der Waals surface area contributed by atoms with Gasteiger partial charge in [-0.1, -0.05) is 6.92 Å². The van der Waals surface area contributed by atoms with Crippen LogP contribution in [0, 0.1) is 0 Å². The summed E-state index contributed by atoms with van der Waals surface area (Å²) in [7, 11) is 0. The predicted octanol–water partition coefficient (Wildman–Crippen LogP) is 0.420. The van der Waals surface area contributed by atoms with E-state index < -0.39 is 18.0 Å². The van der Waals surface area contributed by atoms with Gasteiger partial charge in [0.05, 0.1) is 12.7 Å². The van der Waals surface area contributed by atoms with Gasteiger partial charge in [-0.05, 0) is 13.3 Å². The van der Waals surface area contributed by atoms with Crippen molar-refractivity contribution in [1.82, 2.24) is 0 Å². The Morgan fingerprint density at radius 2 is 1.73 bits per heavy atom. The highest BCUT2D eigenvalue weighted by molar-refractivity contribution is 5.91. The van der Waals surface area contributed by atoms with Crippen molar-refractivity contribution in [3.63, 3.8) is 0 Å². The number of carbonyl (C=O) groups excluding carboxylic acids is 2. The Balaban J connectivity index is 3.78. The van der Waals surface area contributed by atoms with Gasteiger partial charge in [-0.2, -0.15) is 0 Å². The van der Waals surface area contributed by atoms with Crippen molar-refractivity contribution in [2.75, 3.05) is 13.2 Å². The van der Waals surface area contributed by atoms with E-state index in [0.29, 0.717) is 6.42 Å². The first-order valence-electron chi connectivity index (χ1n) is 4.79. The molecule has 1 atom stereocenters. The Bertz CT molecular complexity index is 234. The quantitative estimate of drug-likeness (QED) is 0.514. The fourth-order valence-corrected chi connectivity index (χ4v) is 0.671. The summed E-state index contributed by atoms with van der Waals surface area (Å²) in [6.45, 7) is 3.63. The van der Waals surface area contributed by atoms with Crippen molar-refractivity contribution in [2.45, 2.75) is 26.4 Å². The maximum absolute atomic E-state index is 10.9. The smallest absolute Gasteiger partial charge is 0.331 e. The minimum absolute atomic E-state index is 0.0670. The average Bonchev–Trinajstić information content (AvgIpc) is 2.23. The summed E-state index contributed by atoms with van der Waals surface area (Å²) in [6.07, 6.45) is 1.81. The largest absolute Gasteiger partial charge is 0.463 e. The molecule has 0 heterocycles. The monoisotopic (exact) mass is 216 g/mol. The number of aliphatic hydroxyl groups excluding tert-OH is 1. The van der Waals surface area contributed by atoms with Gasteiger partial charge in [0.25, 0.3) is 0 Å². The van der Waals surface area contributed by atoms with E-state index in [2.05, 4.69) is 9.47 Å². The van der Waals surface area contributed by atoms with E-state index in [1.54, 1.807) is 13.8 Å². The molecule has 0 aliphatic rings. The maximum atomic E-state index is 10.9. The minimum atomic E-state index is -0.671. The first kappa shape index (κ1) is 13.6. The van der Waals surface area contributed by atoms with Crippen molar-refractivity contribution in [3.8, 4) is 0 Å². The number of aliphatic hydroxyl groups is 1. The molecule has 0 aliphatic carbocycles. The van der Waals surface area contributed by atoms with Gasteiger partial charge in [0, 0.05) is 12.2 Å². The van der Waals surface area contributed by atoms with Gasteiger partial charge in [0.2, 0.25) is 0 Å². The van der Waals surface area contributed by atoms with Crippen molar-refractivity contribution >= 4 is 11.9 Å². The van der Waals surface area contributed by atoms with Crippen LogP contribution >= 0.6 is 0 Å². The van der Waals surface area contributed by atoms with E-state index in [-0.39, 0.29) is 13.2 Å². The van der Waals surface area contributed by atoms with E-state index in [0.717, 1.165) is 12.2 Å². The predicted molar refractivity (Wildman–Crippen MR) is 53.0 cm³/mol. The Hall–Kier alpha value is -1.36. The lowest BCUT2D eigenvalue weighted by atomic mass is 10.3. The number of esters is 2. The molecule has 0 saturated carbocycles. The van der Waals surface area contributed by atoms with Crippen molar-refractivity contribution in [2.24, 2.45) is 0 Å². The second-order valence-corrected chi connectivity index (χ2v) is 2.78. The third-order valence-corrected chi connectivity index (χ3v) is 1.53. The van der Waals surface area contributed by atoms with Crippen LogP contribution in [-0.2, 0) is 19.1 Å². The number of hydrogen-bond acceptors (Lipinski definition) is 5. The van der Waals surface area contributed by atoms with Gasteiger partial charge in [-0.25, -0.2) is 9.59 Å². The molecule has 5 nitrogen and oxygen atoms in total. The number of hydrogen-bond donors (Lipinski definition) is 1. The van der Waals surface area contributed by atoms with Crippen LogP contribution in [0.1, 0.15) is 20.3 Å². The lowest BCUT2D eigenvalue weighted by molar-refractivity contribution is -0.142. The topological polar surface area (TPSA) is 72.8 Å². The molecule has 0 saturated heterocycles. The third-order valence-electron chi connectivity index (χ3n) is 1.53. The molecular formula is C10H16O5. The highest BCUT2D eigenvalue weighted by atomic mass is 16.5. The standard InChI is InChI=1S/C10H16O5/c1-3-8(11)7-15-10(13)6-5-9(12)14-4-2/h5-6,8,11H,3-4,7H2,1-2H3/b6-5+. The first-order valence-corrected chi connectivity index (χ1v) is 4.79. The van der Waals surface area contributed by atoms with E-state index in [4.69, 9.17) is 5.11 Å². The van der Waals surface area contributed by atoms with Crippen molar-refractivity contribution in [3.05, 3.63) is 12.2 Å². The van der Waals surface area contributed by atoms with Crippen LogP contribution in [0.4, 0.5) is 0 Å². The van der Waals surface area contributed by atoms with Gasteiger partial charge in [0.15, 0.2) is 0 Å². The Kier molecular flexibility index (Phi) is 7.27. The molecule has 0 bridgehead atoms. The van der Waals surface area contributed by atoms with Gasteiger partial charge >= 0.3 is 11.9 Å². The number of carbonyl (C=O) groups is 2. The van der Waals surface area contributed by atoms with Crippen LogP contribution in [0.2, 0.25) is 0 Å². The number of ether oxygens (including phenoxy) is 2. The lowest BCUT2D eigenvalue weighted by Crippen LogP contribution is -2.16. The minimum Gasteiger partial charge on any atom is -0.463 e. The zero-order valence-corrected chi connectivity index (χ0v) is 8.93. The van der Waals surface area contributed by atoms with Gasteiger partial charge in [-0.3, -0.25) is 0 Å². The zero-order chi connectivity index (χ0) is 11.7. The van der Waals surface area contributed by atoms with Crippen molar-refractivity contribution < 1.29 is 24.2 Å². The molecule has 0 aromatic rings. The fourth-order valence-electron chi connectivity index (χ4n) is 0.671. The second-order valence-electron chi connectivity index (χ2n) is 2.78. The average molecular weight is 216 g/mol. The van der Waals surface area contributed by atoms with Crippen LogP contribution in [0.5, 0.6) is 0 Å². The summed E-state index contributed by atoms with van der Waals surface area (Å²) in [6, 6.07) is 0. The normalized spacial score (nSPS) is 12.5. The van der Waals surface area contributed by atoms with Crippen LogP contribution in [0.15, 0.2) is 12.2 Å². The summed E-state index contributed by atoms with van der Waals surface area (Å²) in [5.41, 5.74) is 0. The zero-order valence-electron chi connectivity index (χ0n) is 8.93. The highest BCUT2D eigenvalue weighted by Crippen LogP contribution is 1.92. The second kappa shape index (κ2) is 7.99. The summed E-state index contributed by atoms with van der Waals surface area (Å²) < 4.78 is 9.20. The molecule has 0 aromatic carbocycles. The molecule has 0 rings (SSSR count). The van der Waals surface area contributed by atoms with Crippen LogP contribution in [0.25, 0.3) is 0 Å². The summed E-state index contributed by atoms with van der Waals surface area (Å²) in [4.78, 5) is 21.7. The SMILES string of the molecule is CCOC(=O)/C=C/C(=O)OCC(O)CC. The first-order chi connectivity index (χ1) is 7.10. The molecule has 5 heteroatoms. The molecule has 1 N–H and O–H groups in total. The highest BCUT2D eigenvalue weighted by Gasteiger charge is 2.04. The maximum Gasteiger partial charge on any atom is 0.331 e. The Labute approximate surface area is 88.7 Å². The Morgan fingerprint density at radius 3 is 2.20 bits per heavy atom. The molecule has 86 valence electrons. The molecule has 15 heavy (non-hydrogen) atoms. The Morgan fingerprint density at radius 1 is 1.20 bits per heavy atom. The summed E-state index contributed by atoms with van der Waals surface area (Å²) >= 11 is 0. The van der Waals surface area contributed by atoms with E-state index >= 15 is 0 Å². The van der Waals surface area contributed by atoms with E-state index in [9.17, 15) is 9.59 Å². The van der Waals surface area contributed by atoms with E-state index in [1.165, 1.54) is 0 Å². The fraction of sp³-hybridized carbons (Fsp3) is 0.600. The van der Waals surface area contributed by atoms with Crippen molar-refractivity contribution in [1.29, 1.82) is 0 Å². The van der Waals surface area contributed by atoms with Crippen LogP contribution < -0.4 is 0 Å². The lowest BCUT2D eigenvalue weighted by Gasteiger charge is -2.06. The molecule has 1 unspecified atom stereocenters.